The number of halogens is 3. The second-order valence-electron chi connectivity index (χ2n) is 6.02. The summed E-state index contributed by atoms with van der Waals surface area (Å²) in [6.07, 6.45) is -4.14. The number of hydrogen-bond donors (Lipinski definition) is 0. The van der Waals surface area contributed by atoms with E-state index in [-0.39, 0.29) is 24.9 Å². The lowest BCUT2D eigenvalue weighted by molar-refractivity contribution is -0.140. The Morgan fingerprint density at radius 2 is 1.80 bits per heavy atom. The predicted octanol–water partition coefficient (Wildman–Crippen LogP) is 2.58. The van der Waals surface area contributed by atoms with Crippen LogP contribution in [0, 0.1) is 5.92 Å². The van der Waals surface area contributed by atoms with Crippen molar-refractivity contribution in [3.8, 4) is 0 Å². The maximum atomic E-state index is 13.1. The quantitative estimate of drug-likeness (QED) is 0.809. The van der Waals surface area contributed by atoms with Crippen LogP contribution < -0.4 is 0 Å². The normalized spacial score (nSPS) is 17.5. The van der Waals surface area contributed by atoms with Gasteiger partial charge in [-0.25, -0.2) is 8.42 Å². The zero-order valence-electron chi connectivity index (χ0n) is 14.1. The number of sulfonamides is 1. The van der Waals surface area contributed by atoms with Crippen molar-refractivity contribution >= 4 is 15.9 Å². The maximum Gasteiger partial charge on any atom is 0.417 e. The van der Waals surface area contributed by atoms with Gasteiger partial charge in [-0.1, -0.05) is 12.1 Å². The molecule has 1 aliphatic heterocycles. The van der Waals surface area contributed by atoms with Crippen molar-refractivity contribution in [3.63, 3.8) is 0 Å². The highest BCUT2D eigenvalue weighted by Gasteiger charge is 2.40. The van der Waals surface area contributed by atoms with Crippen molar-refractivity contribution in [2.75, 3.05) is 26.7 Å². The molecule has 0 atom stereocenters. The van der Waals surface area contributed by atoms with Crippen molar-refractivity contribution in [2.24, 2.45) is 5.92 Å². The Labute approximate surface area is 145 Å². The maximum absolute atomic E-state index is 13.1. The number of carbonyl (C=O) groups is 1. The molecule has 1 aromatic carbocycles. The van der Waals surface area contributed by atoms with Gasteiger partial charge in [-0.2, -0.15) is 17.5 Å². The Balaban J connectivity index is 2.20. The largest absolute Gasteiger partial charge is 0.417 e. The molecule has 0 bridgehead atoms. The molecular formula is C16H21F3N2O3S. The van der Waals surface area contributed by atoms with E-state index in [4.69, 9.17) is 0 Å². The minimum Gasteiger partial charge on any atom is -0.346 e. The number of hydrogen-bond acceptors (Lipinski definition) is 3. The van der Waals surface area contributed by atoms with Crippen molar-refractivity contribution in [2.45, 2.75) is 30.8 Å². The first kappa shape index (κ1) is 19.7. The molecule has 0 unspecified atom stereocenters. The summed E-state index contributed by atoms with van der Waals surface area (Å²) in [5.74, 6) is -0.357. The number of alkyl halides is 3. The number of carbonyl (C=O) groups excluding carboxylic acids is 1. The highest BCUT2D eigenvalue weighted by Crippen LogP contribution is 2.36. The molecule has 1 amide bonds. The zero-order chi connectivity index (χ0) is 18.8. The molecule has 2 rings (SSSR count). The number of rotatable bonds is 4. The third-order valence-electron chi connectivity index (χ3n) is 4.46. The van der Waals surface area contributed by atoms with Crippen LogP contribution in [0.5, 0.6) is 0 Å². The molecule has 0 saturated carbocycles. The van der Waals surface area contributed by atoms with Gasteiger partial charge in [0.15, 0.2) is 0 Å². The summed E-state index contributed by atoms with van der Waals surface area (Å²) >= 11 is 0. The summed E-state index contributed by atoms with van der Waals surface area (Å²) in [4.78, 5) is 13.0. The average molecular weight is 378 g/mol. The first-order valence-electron chi connectivity index (χ1n) is 8.00. The molecule has 5 nitrogen and oxygen atoms in total. The summed E-state index contributed by atoms with van der Waals surface area (Å²) < 4.78 is 65.7. The van der Waals surface area contributed by atoms with Gasteiger partial charge in [0.05, 0.1) is 10.5 Å². The van der Waals surface area contributed by atoms with Crippen LogP contribution in [0.25, 0.3) is 0 Å². The van der Waals surface area contributed by atoms with Crippen LogP contribution in [-0.4, -0.2) is 50.2 Å². The summed E-state index contributed by atoms with van der Waals surface area (Å²) in [5.41, 5.74) is -1.17. The van der Waals surface area contributed by atoms with Gasteiger partial charge in [0, 0.05) is 32.6 Å². The first-order chi connectivity index (χ1) is 11.6. The van der Waals surface area contributed by atoms with E-state index < -0.39 is 26.7 Å². The highest BCUT2D eigenvalue weighted by molar-refractivity contribution is 7.89. The molecule has 140 valence electrons. The minimum absolute atomic E-state index is 0.0302. The SMILES string of the molecule is CCN(C)C(=O)C1CCN(S(=O)(=O)c2ccccc2C(F)(F)F)CC1. The van der Waals surface area contributed by atoms with Gasteiger partial charge in [-0.05, 0) is 31.9 Å². The minimum atomic E-state index is -4.75. The van der Waals surface area contributed by atoms with E-state index in [0.29, 0.717) is 19.4 Å². The number of nitrogens with zero attached hydrogens (tertiary/aromatic N) is 2. The third-order valence-corrected chi connectivity index (χ3v) is 6.42. The topological polar surface area (TPSA) is 57.7 Å². The van der Waals surface area contributed by atoms with Gasteiger partial charge in [0.1, 0.15) is 0 Å². The molecule has 0 aromatic heterocycles. The lowest BCUT2D eigenvalue weighted by atomic mass is 9.97. The van der Waals surface area contributed by atoms with E-state index in [1.165, 1.54) is 6.07 Å². The summed E-state index contributed by atoms with van der Waals surface area (Å²) in [5, 5.41) is 0. The molecule has 1 saturated heterocycles. The summed E-state index contributed by atoms with van der Waals surface area (Å²) in [6.45, 7) is 2.45. The van der Waals surface area contributed by atoms with Gasteiger partial charge in [-0.15, -0.1) is 0 Å². The Hall–Kier alpha value is -1.61. The van der Waals surface area contributed by atoms with Crippen molar-refractivity contribution in [1.82, 2.24) is 9.21 Å². The third kappa shape index (κ3) is 4.14. The van der Waals surface area contributed by atoms with E-state index in [9.17, 15) is 26.4 Å². The Kier molecular flexibility index (Phi) is 5.78. The van der Waals surface area contributed by atoms with Crippen LogP contribution in [0.1, 0.15) is 25.3 Å². The second-order valence-corrected chi connectivity index (χ2v) is 7.93. The van der Waals surface area contributed by atoms with Gasteiger partial charge in [-0.3, -0.25) is 4.79 Å². The average Bonchev–Trinajstić information content (AvgIpc) is 2.59. The molecule has 0 spiro atoms. The summed E-state index contributed by atoms with van der Waals surface area (Å²) in [7, 11) is -2.59. The lowest BCUT2D eigenvalue weighted by Gasteiger charge is -2.32. The van der Waals surface area contributed by atoms with Crippen molar-refractivity contribution in [3.05, 3.63) is 29.8 Å². The fourth-order valence-corrected chi connectivity index (χ4v) is 4.56. The molecular weight excluding hydrogens is 357 g/mol. The van der Waals surface area contributed by atoms with E-state index >= 15 is 0 Å². The van der Waals surface area contributed by atoms with Crippen LogP contribution in [-0.2, 0) is 21.0 Å². The van der Waals surface area contributed by atoms with Gasteiger partial charge < -0.3 is 4.90 Å². The van der Waals surface area contributed by atoms with Crippen LogP contribution >= 0.6 is 0 Å². The molecule has 9 heteroatoms. The molecule has 0 aliphatic carbocycles. The van der Waals surface area contributed by atoms with Gasteiger partial charge >= 0.3 is 6.18 Å². The number of amides is 1. The lowest BCUT2D eigenvalue weighted by Crippen LogP contribution is -2.43. The molecule has 1 heterocycles. The highest BCUT2D eigenvalue weighted by atomic mass is 32.2. The Morgan fingerprint density at radius 1 is 1.24 bits per heavy atom. The Morgan fingerprint density at radius 3 is 2.32 bits per heavy atom. The Bertz CT molecular complexity index is 726. The van der Waals surface area contributed by atoms with Crippen molar-refractivity contribution in [1.29, 1.82) is 0 Å². The molecule has 25 heavy (non-hydrogen) atoms. The smallest absolute Gasteiger partial charge is 0.346 e. The predicted molar refractivity (Wildman–Crippen MR) is 86.2 cm³/mol. The van der Waals surface area contributed by atoms with Crippen molar-refractivity contribution < 1.29 is 26.4 Å². The molecule has 1 fully saturated rings. The standard InChI is InChI=1S/C16H21F3N2O3S/c1-3-20(2)15(22)12-8-10-21(11-9-12)25(23,24)14-7-5-4-6-13(14)16(17,18)19/h4-7,12H,3,8-11H2,1-2H3. The number of piperidine rings is 1. The second kappa shape index (κ2) is 7.33. The molecule has 1 aromatic rings. The monoisotopic (exact) mass is 378 g/mol. The van der Waals surface area contributed by atoms with Crippen LogP contribution in [0.2, 0.25) is 0 Å². The zero-order valence-corrected chi connectivity index (χ0v) is 14.9. The van der Waals surface area contributed by atoms with E-state index in [1.54, 1.807) is 11.9 Å². The van der Waals surface area contributed by atoms with E-state index in [2.05, 4.69) is 0 Å². The van der Waals surface area contributed by atoms with Crippen LogP contribution in [0.15, 0.2) is 29.2 Å². The number of benzene rings is 1. The summed E-state index contributed by atoms with van der Waals surface area (Å²) in [6, 6.07) is 4.17. The fourth-order valence-electron chi connectivity index (χ4n) is 2.88. The van der Waals surface area contributed by atoms with Gasteiger partial charge in [0.25, 0.3) is 0 Å². The van der Waals surface area contributed by atoms with Crippen LogP contribution in [0.4, 0.5) is 13.2 Å². The van der Waals surface area contributed by atoms with Gasteiger partial charge in [0.2, 0.25) is 15.9 Å². The van der Waals surface area contributed by atoms with E-state index in [0.717, 1.165) is 22.5 Å². The van der Waals surface area contributed by atoms with Crippen LogP contribution in [0.3, 0.4) is 0 Å². The molecule has 1 aliphatic rings. The van der Waals surface area contributed by atoms with E-state index in [1.807, 2.05) is 6.92 Å². The first-order valence-corrected chi connectivity index (χ1v) is 9.44. The fraction of sp³-hybridized carbons (Fsp3) is 0.562. The molecule has 0 N–H and O–H groups in total. The molecule has 0 radical (unpaired) electrons.